The van der Waals surface area contributed by atoms with E-state index in [9.17, 15) is 0 Å². The molecule has 0 saturated carbocycles. The van der Waals surface area contributed by atoms with Gasteiger partial charge in [0.1, 0.15) is 0 Å². The van der Waals surface area contributed by atoms with Gasteiger partial charge in [-0.3, -0.25) is 4.98 Å². The summed E-state index contributed by atoms with van der Waals surface area (Å²) >= 11 is 10.5. The van der Waals surface area contributed by atoms with Crippen LogP contribution < -0.4 is 0 Å². The average Bonchev–Trinajstić information content (AvgIpc) is 2.85. The van der Waals surface area contributed by atoms with Gasteiger partial charge < -0.3 is 9.55 Å². The highest BCUT2D eigenvalue weighted by atomic mass is 79.9. The Kier molecular flexibility index (Phi) is 2.85. The van der Waals surface area contributed by atoms with E-state index in [-0.39, 0.29) is 0 Å². The zero-order chi connectivity index (χ0) is 11.8. The van der Waals surface area contributed by atoms with E-state index in [2.05, 4.69) is 41.9 Å². The Bertz CT molecular complexity index is 725. The Morgan fingerprint density at radius 2 is 2.41 bits per heavy atom. The highest BCUT2D eigenvalue weighted by Crippen LogP contribution is 2.22. The van der Waals surface area contributed by atoms with Crippen molar-refractivity contribution in [2.75, 3.05) is 0 Å². The molecule has 17 heavy (non-hydrogen) atoms. The molecule has 0 aliphatic rings. The fraction of sp³-hybridized carbons (Fsp3) is 0.0909. The molecular formula is C11H8BrN3S2. The molecule has 0 unspecified atom stereocenters. The van der Waals surface area contributed by atoms with Crippen LogP contribution in [-0.4, -0.2) is 14.5 Å². The number of nitrogens with zero attached hydrogens (tertiary/aromatic N) is 2. The molecule has 1 N–H and O–H groups in total. The average molecular weight is 326 g/mol. The van der Waals surface area contributed by atoms with Gasteiger partial charge in [-0.25, -0.2) is 0 Å². The number of rotatable bonds is 2. The van der Waals surface area contributed by atoms with Crippen LogP contribution in [0.5, 0.6) is 0 Å². The molecule has 86 valence electrons. The van der Waals surface area contributed by atoms with E-state index in [0.717, 1.165) is 26.8 Å². The van der Waals surface area contributed by atoms with Crippen LogP contribution in [0.2, 0.25) is 0 Å². The monoisotopic (exact) mass is 325 g/mol. The molecule has 0 aliphatic heterocycles. The van der Waals surface area contributed by atoms with E-state index >= 15 is 0 Å². The molecule has 0 saturated heterocycles. The standard InChI is InChI=1S/C11H8BrN3S2/c12-7-3-8(17-6-7)5-15-10-1-2-13-4-9(10)14-11(15)16/h1-4,6H,5H2,(H,14,16). The van der Waals surface area contributed by atoms with Gasteiger partial charge in [0.2, 0.25) is 0 Å². The largest absolute Gasteiger partial charge is 0.329 e. The smallest absolute Gasteiger partial charge is 0.178 e. The fourth-order valence-corrected chi connectivity index (χ4v) is 3.47. The number of fused-ring (bicyclic) bond motifs is 1. The van der Waals surface area contributed by atoms with Crippen molar-refractivity contribution in [2.45, 2.75) is 6.54 Å². The van der Waals surface area contributed by atoms with Crippen molar-refractivity contribution >= 4 is 50.5 Å². The van der Waals surface area contributed by atoms with Gasteiger partial charge in [-0.2, -0.15) is 0 Å². The van der Waals surface area contributed by atoms with Gasteiger partial charge in [0.05, 0.1) is 23.8 Å². The lowest BCUT2D eigenvalue weighted by Gasteiger charge is -2.01. The topological polar surface area (TPSA) is 33.6 Å². The van der Waals surface area contributed by atoms with Gasteiger partial charge >= 0.3 is 0 Å². The van der Waals surface area contributed by atoms with E-state index in [0.29, 0.717) is 0 Å². The molecule has 3 heterocycles. The van der Waals surface area contributed by atoms with Crippen molar-refractivity contribution < 1.29 is 0 Å². The summed E-state index contributed by atoms with van der Waals surface area (Å²) in [6.45, 7) is 0.791. The van der Waals surface area contributed by atoms with Crippen molar-refractivity contribution in [3.05, 3.63) is 44.0 Å². The quantitative estimate of drug-likeness (QED) is 0.723. The van der Waals surface area contributed by atoms with Gasteiger partial charge in [0, 0.05) is 20.9 Å². The maximum Gasteiger partial charge on any atom is 0.178 e. The molecule has 0 aromatic carbocycles. The van der Waals surface area contributed by atoms with Crippen molar-refractivity contribution in [2.24, 2.45) is 0 Å². The van der Waals surface area contributed by atoms with Crippen LogP contribution in [-0.2, 0) is 6.54 Å². The van der Waals surface area contributed by atoms with Crippen LogP contribution in [0.15, 0.2) is 34.4 Å². The van der Waals surface area contributed by atoms with Crippen molar-refractivity contribution in [3.63, 3.8) is 0 Å². The molecule has 3 aromatic heterocycles. The molecule has 3 aromatic rings. The summed E-state index contributed by atoms with van der Waals surface area (Å²) in [4.78, 5) is 8.51. The third-order valence-electron chi connectivity index (χ3n) is 2.51. The van der Waals surface area contributed by atoms with Gasteiger partial charge in [0.15, 0.2) is 4.77 Å². The Balaban J connectivity index is 2.11. The molecule has 0 fully saturated rings. The van der Waals surface area contributed by atoms with Crippen LogP contribution in [0.1, 0.15) is 4.88 Å². The molecule has 6 heteroatoms. The lowest BCUT2D eigenvalue weighted by atomic mass is 10.4. The van der Waals surface area contributed by atoms with E-state index in [4.69, 9.17) is 12.2 Å². The molecule has 0 atom stereocenters. The minimum Gasteiger partial charge on any atom is -0.329 e. The minimum absolute atomic E-state index is 0.734. The number of pyridine rings is 1. The van der Waals surface area contributed by atoms with Crippen molar-refractivity contribution in [1.29, 1.82) is 0 Å². The first-order valence-electron chi connectivity index (χ1n) is 4.99. The Hall–Kier alpha value is -0.980. The third kappa shape index (κ3) is 2.08. The predicted octanol–water partition coefficient (Wildman–Crippen LogP) is 3.97. The fourth-order valence-electron chi connectivity index (χ4n) is 1.76. The van der Waals surface area contributed by atoms with Gasteiger partial charge in [-0.05, 0) is 40.3 Å². The van der Waals surface area contributed by atoms with Crippen LogP contribution in [0.4, 0.5) is 0 Å². The highest BCUT2D eigenvalue weighted by molar-refractivity contribution is 9.10. The number of H-pyrrole nitrogens is 1. The second-order valence-corrected chi connectivity index (χ2v) is 5.94. The summed E-state index contributed by atoms with van der Waals surface area (Å²) in [5.74, 6) is 0. The van der Waals surface area contributed by atoms with Gasteiger partial charge in [-0.15, -0.1) is 11.3 Å². The number of thiophene rings is 1. The molecular weight excluding hydrogens is 318 g/mol. The summed E-state index contributed by atoms with van der Waals surface area (Å²) in [5.41, 5.74) is 2.07. The van der Waals surface area contributed by atoms with Crippen molar-refractivity contribution in [1.82, 2.24) is 14.5 Å². The first-order chi connectivity index (χ1) is 8.24. The number of aromatic amines is 1. The van der Waals surface area contributed by atoms with Crippen LogP contribution in [0.25, 0.3) is 11.0 Å². The zero-order valence-corrected chi connectivity index (χ0v) is 11.9. The summed E-state index contributed by atoms with van der Waals surface area (Å²) in [5, 5.41) is 2.08. The second-order valence-electron chi connectivity index (χ2n) is 3.64. The van der Waals surface area contributed by atoms with Crippen LogP contribution in [0.3, 0.4) is 0 Å². The van der Waals surface area contributed by atoms with Crippen LogP contribution >= 0.6 is 39.5 Å². The number of halogens is 1. The molecule has 0 amide bonds. The first-order valence-corrected chi connectivity index (χ1v) is 7.07. The lowest BCUT2D eigenvalue weighted by molar-refractivity contribution is 0.823. The Morgan fingerprint density at radius 3 is 3.18 bits per heavy atom. The maximum atomic E-state index is 5.33. The molecule has 3 nitrogen and oxygen atoms in total. The third-order valence-corrected chi connectivity index (χ3v) is 4.52. The lowest BCUT2D eigenvalue weighted by Crippen LogP contribution is -1.97. The second kappa shape index (κ2) is 4.36. The highest BCUT2D eigenvalue weighted by Gasteiger charge is 2.06. The number of hydrogen-bond donors (Lipinski definition) is 1. The summed E-state index contributed by atoms with van der Waals surface area (Å²) in [6, 6.07) is 4.09. The van der Waals surface area contributed by atoms with Gasteiger partial charge in [-0.1, -0.05) is 0 Å². The number of nitrogens with one attached hydrogen (secondary N) is 1. The molecule has 3 rings (SSSR count). The number of imidazole rings is 1. The van der Waals surface area contributed by atoms with Crippen molar-refractivity contribution in [3.8, 4) is 0 Å². The normalized spacial score (nSPS) is 11.1. The van der Waals surface area contributed by atoms with Gasteiger partial charge in [0.25, 0.3) is 0 Å². The maximum absolute atomic E-state index is 5.33. The number of hydrogen-bond acceptors (Lipinski definition) is 3. The zero-order valence-electron chi connectivity index (χ0n) is 8.68. The molecule has 0 radical (unpaired) electrons. The Labute approximate surface area is 115 Å². The van der Waals surface area contributed by atoms with E-state index in [1.165, 1.54) is 4.88 Å². The van der Waals surface area contributed by atoms with E-state index in [1.54, 1.807) is 23.7 Å². The summed E-state index contributed by atoms with van der Waals surface area (Å²) in [6.07, 6.45) is 3.58. The summed E-state index contributed by atoms with van der Waals surface area (Å²) in [7, 11) is 0. The van der Waals surface area contributed by atoms with E-state index in [1.807, 2.05) is 6.07 Å². The minimum atomic E-state index is 0.734. The predicted molar refractivity (Wildman–Crippen MR) is 76.0 cm³/mol. The van der Waals surface area contributed by atoms with Crippen LogP contribution in [0, 0.1) is 4.77 Å². The number of aromatic nitrogens is 3. The van der Waals surface area contributed by atoms with E-state index < -0.39 is 0 Å². The molecule has 0 bridgehead atoms. The molecule has 0 aliphatic carbocycles. The summed E-state index contributed by atoms with van der Waals surface area (Å²) < 4.78 is 3.94. The molecule has 0 spiro atoms. The SMILES string of the molecule is S=c1[nH]c2cnccc2n1Cc1cc(Br)cs1. The first kappa shape index (κ1) is 11.1. The Morgan fingerprint density at radius 1 is 1.53 bits per heavy atom.